The van der Waals surface area contributed by atoms with E-state index in [1.54, 1.807) is 12.4 Å². The summed E-state index contributed by atoms with van der Waals surface area (Å²) in [5.74, 6) is 1.37. The minimum Gasteiger partial charge on any atom is -0.345 e. The van der Waals surface area contributed by atoms with Gasteiger partial charge in [-0.25, -0.2) is 15.0 Å². The first kappa shape index (κ1) is 17.5. The van der Waals surface area contributed by atoms with Gasteiger partial charge >= 0.3 is 0 Å². The lowest BCUT2D eigenvalue weighted by molar-refractivity contribution is 0.0949. The quantitative estimate of drug-likeness (QED) is 0.753. The van der Waals surface area contributed by atoms with E-state index < -0.39 is 0 Å². The largest absolute Gasteiger partial charge is 0.345 e. The second-order valence-electron chi connectivity index (χ2n) is 6.76. The van der Waals surface area contributed by atoms with Crippen LogP contribution in [-0.2, 0) is 13.1 Å². The molecule has 1 saturated heterocycles. The highest BCUT2D eigenvalue weighted by molar-refractivity contribution is 5.93. The molecule has 0 aliphatic carbocycles. The lowest BCUT2D eigenvalue weighted by Crippen LogP contribution is -2.31. The average Bonchev–Trinajstić information content (AvgIpc) is 3.10. The van der Waals surface area contributed by atoms with Crippen LogP contribution in [0.3, 0.4) is 0 Å². The molecule has 0 bridgehead atoms. The Balaban J connectivity index is 1.43. The third-order valence-corrected chi connectivity index (χ3v) is 5.00. The van der Waals surface area contributed by atoms with Crippen LogP contribution in [0.1, 0.15) is 42.4 Å². The van der Waals surface area contributed by atoms with E-state index in [-0.39, 0.29) is 5.91 Å². The Morgan fingerprint density at radius 3 is 2.59 bits per heavy atom. The Labute approximate surface area is 158 Å². The van der Waals surface area contributed by atoms with Crippen LogP contribution in [0.5, 0.6) is 0 Å². The van der Waals surface area contributed by atoms with E-state index >= 15 is 0 Å². The number of hydrogen-bond donors (Lipinski definition) is 1. The van der Waals surface area contributed by atoms with Crippen LogP contribution in [-0.4, -0.2) is 38.5 Å². The third kappa shape index (κ3) is 3.63. The Hall–Kier alpha value is -2.96. The molecule has 0 saturated carbocycles. The molecule has 1 fully saturated rings. The Kier molecular flexibility index (Phi) is 5.00. The number of nitrogens with zero attached hydrogens (tertiary/aromatic N) is 5. The van der Waals surface area contributed by atoms with E-state index in [2.05, 4.69) is 36.7 Å². The molecule has 27 heavy (non-hydrogen) atoms. The molecule has 1 aliphatic rings. The van der Waals surface area contributed by atoms with Crippen molar-refractivity contribution >= 4 is 22.9 Å². The summed E-state index contributed by atoms with van der Waals surface area (Å²) in [6.07, 6.45) is 6.82. The average molecular weight is 364 g/mol. The zero-order valence-electron chi connectivity index (χ0n) is 15.6. The van der Waals surface area contributed by atoms with Gasteiger partial charge in [0.05, 0.1) is 23.1 Å². The highest BCUT2D eigenvalue weighted by Crippen LogP contribution is 2.17. The number of carbonyl (C=O) groups is 1. The fourth-order valence-electron chi connectivity index (χ4n) is 3.57. The first-order valence-corrected chi connectivity index (χ1v) is 9.55. The van der Waals surface area contributed by atoms with Crippen molar-refractivity contribution in [1.29, 1.82) is 0 Å². The molecular weight excluding hydrogens is 340 g/mol. The number of imidazole rings is 1. The molecule has 0 unspecified atom stereocenters. The summed E-state index contributed by atoms with van der Waals surface area (Å²) >= 11 is 0. The maximum Gasteiger partial charge on any atom is 0.254 e. The number of benzene rings is 1. The summed E-state index contributed by atoms with van der Waals surface area (Å²) in [7, 11) is 0. The van der Waals surface area contributed by atoms with Gasteiger partial charge in [0.25, 0.3) is 5.91 Å². The highest BCUT2D eigenvalue weighted by atomic mass is 16.1. The van der Waals surface area contributed by atoms with Gasteiger partial charge in [-0.1, -0.05) is 12.1 Å². The first-order valence-electron chi connectivity index (χ1n) is 9.55. The van der Waals surface area contributed by atoms with Crippen molar-refractivity contribution in [2.45, 2.75) is 39.3 Å². The third-order valence-electron chi connectivity index (χ3n) is 5.00. The summed E-state index contributed by atoms with van der Waals surface area (Å²) in [5, 5.41) is 2.93. The summed E-state index contributed by atoms with van der Waals surface area (Å²) < 4.78 is 2.12. The van der Waals surface area contributed by atoms with Gasteiger partial charge in [-0.15, -0.1) is 0 Å². The summed E-state index contributed by atoms with van der Waals surface area (Å²) in [5.41, 5.74) is 2.49. The number of rotatable bonds is 5. The van der Waals surface area contributed by atoms with Gasteiger partial charge in [-0.3, -0.25) is 4.79 Å². The monoisotopic (exact) mass is 364 g/mol. The van der Waals surface area contributed by atoms with E-state index in [9.17, 15) is 4.79 Å². The zero-order valence-corrected chi connectivity index (χ0v) is 15.6. The maximum absolute atomic E-state index is 12.5. The summed E-state index contributed by atoms with van der Waals surface area (Å²) in [4.78, 5) is 28.0. The van der Waals surface area contributed by atoms with E-state index in [0.29, 0.717) is 18.1 Å². The SMILES string of the molecule is CCn1c(CNC(=O)c2cnc(N3CCCCC3)nc2)nc2ccccc21. The smallest absolute Gasteiger partial charge is 0.254 e. The second kappa shape index (κ2) is 7.73. The van der Waals surface area contributed by atoms with Crippen LogP contribution in [0.25, 0.3) is 11.0 Å². The molecule has 3 aromatic rings. The van der Waals surface area contributed by atoms with E-state index in [1.807, 2.05) is 24.3 Å². The van der Waals surface area contributed by atoms with Crippen molar-refractivity contribution in [1.82, 2.24) is 24.8 Å². The molecule has 0 atom stereocenters. The standard InChI is InChI=1S/C20H24N6O/c1-2-26-17-9-5-4-8-16(17)24-18(26)14-21-19(27)15-12-22-20(23-13-15)25-10-6-3-7-11-25/h4-5,8-9,12-13H,2-3,6-7,10-11,14H2,1H3,(H,21,27). The van der Waals surface area contributed by atoms with Crippen molar-refractivity contribution in [2.75, 3.05) is 18.0 Å². The molecule has 0 spiro atoms. The van der Waals surface area contributed by atoms with Crippen molar-refractivity contribution in [3.63, 3.8) is 0 Å². The van der Waals surface area contributed by atoms with E-state index in [0.717, 1.165) is 36.5 Å². The predicted molar refractivity (Wildman–Crippen MR) is 105 cm³/mol. The molecule has 140 valence electrons. The normalized spacial score (nSPS) is 14.5. The van der Waals surface area contributed by atoms with Gasteiger partial charge in [0.15, 0.2) is 0 Å². The minimum atomic E-state index is -0.185. The molecule has 4 rings (SSSR count). The van der Waals surface area contributed by atoms with Crippen LogP contribution in [0.15, 0.2) is 36.7 Å². The fourth-order valence-corrected chi connectivity index (χ4v) is 3.57. The van der Waals surface area contributed by atoms with Crippen LogP contribution in [0.4, 0.5) is 5.95 Å². The maximum atomic E-state index is 12.5. The number of amides is 1. The predicted octanol–water partition coefficient (Wildman–Crippen LogP) is 2.77. The van der Waals surface area contributed by atoms with Gasteiger partial charge in [-0.05, 0) is 38.3 Å². The second-order valence-corrected chi connectivity index (χ2v) is 6.76. The Bertz CT molecular complexity index is 927. The highest BCUT2D eigenvalue weighted by Gasteiger charge is 2.15. The van der Waals surface area contributed by atoms with Crippen LogP contribution >= 0.6 is 0 Å². The van der Waals surface area contributed by atoms with Crippen molar-refractivity contribution in [3.8, 4) is 0 Å². The number of para-hydroxylation sites is 2. The number of aromatic nitrogens is 4. The lowest BCUT2D eigenvalue weighted by Gasteiger charge is -2.26. The topological polar surface area (TPSA) is 75.9 Å². The molecule has 7 nitrogen and oxygen atoms in total. The number of carbonyl (C=O) groups excluding carboxylic acids is 1. The van der Waals surface area contributed by atoms with Gasteiger partial charge < -0.3 is 14.8 Å². The van der Waals surface area contributed by atoms with Gasteiger partial charge in [0.1, 0.15) is 5.82 Å². The Morgan fingerprint density at radius 2 is 1.85 bits per heavy atom. The van der Waals surface area contributed by atoms with Crippen molar-refractivity contribution < 1.29 is 4.79 Å². The molecule has 3 heterocycles. The van der Waals surface area contributed by atoms with Crippen molar-refractivity contribution in [2.24, 2.45) is 0 Å². The number of nitrogens with one attached hydrogen (secondary N) is 1. The fraction of sp³-hybridized carbons (Fsp3) is 0.400. The first-order chi connectivity index (χ1) is 13.3. The van der Waals surface area contributed by atoms with Gasteiger partial charge in [-0.2, -0.15) is 0 Å². The molecular formula is C20H24N6O. The molecule has 1 aliphatic heterocycles. The van der Waals surface area contributed by atoms with Crippen LogP contribution < -0.4 is 10.2 Å². The van der Waals surface area contributed by atoms with Gasteiger partial charge in [0.2, 0.25) is 5.95 Å². The molecule has 1 N–H and O–H groups in total. The van der Waals surface area contributed by atoms with E-state index in [4.69, 9.17) is 0 Å². The molecule has 0 radical (unpaired) electrons. The van der Waals surface area contributed by atoms with Crippen LogP contribution in [0.2, 0.25) is 0 Å². The number of anilines is 1. The Morgan fingerprint density at radius 1 is 1.11 bits per heavy atom. The van der Waals surface area contributed by atoms with Crippen LogP contribution in [0, 0.1) is 0 Å². The number of hydrogen-bond acceptors (Lipinski definition) is 5. The number of aryl methyl sites for hydroxylation is 1. The number of fused-ring (bicyclic) bond motifs is 1. The zero-order chi connectivity index (χ0) is 18.6. The van der Waals surface area contributed by atoms with Crippen molar-refractivity contribution in [3.05, 3.63) is 48.0 Å². The molecule has 1 amide bonds. The molecule has 7 heteroatoms. The number of piperidine rings is 1. The van der Waals surface area contributed by atoms with Gasteiger partial charge in [0, 0.05) is 32.0 Å². The summed E-state index contributed by atoms with van der Waals surface area (Å²) in [6.45, 7) is 5.22. The summed E-state index contributed by atoms with van der Waals surface area (Å²) in [6, 6.07) is 8.00. The minimum absolute atomic E-state index is 0.185. The molecule has 1 aromatic carbocycles. The lowest BCUT2D eigenvalue weighted by atomic mass is 10.1. The van der Waals surface area contributed by atoms with E-state index in [1.165, 1.54) is 19.3 Å². The molecule has 2 aromatic heterocycles.